The van der Waals surface area contributed by atoms with Gasteiger partial charge < -0.3 is 15.2 Å². The summed E-state index contributed by atoms with van der Waals surface area (Å²) in [4.78, 5) is 4.03. The van der Waals surface area contributed by atoms with Crippen molar-refractivity contribution >= 4 is 17.3 Å². The van der Waals surface area contributed by atoms with E-state index >= 15 is 0 Å². The summed E-state index contributed by atoms with van der Waals surface area (Å²) in [5.41, 5.74) is 0. The zero-order valence-electron chi connectivity index (χ0n) is 12.5. The van der Waals surface area contributed by atoms with Crippen LogP contribution in [-0.2, 0) is 6.54 Å². The van der Waals surface area contributed by atoms with Crippen LogP contribution in [0, 0.1) is 11.8 Å². The first-order valence-electron chi connectivity index (χ1n) is 7.67. The Kier molecular flexibility index (Phi) is 5.83. The smallest absolute Gasteiger partial charge is 0.166 e. The van der Waals surface area contributed by atoms with Crippen molar-refractivity contribution in [3.63, 3.8) is 0 Å². The standard InChI is InChI=1S/C15H26N4S/c1-12-5-3-6-14(13(12)2)18-15(20)17-7-4-9-19-10-8-16-11-19/h8,10-14H,3-7,9H2,1-2H3,(H2,17,18,20)/t12-,13+,14+/m1/s1. The van der Waals surface area contributed by atoms with Gasteiger partial charge in [-0.2, -0.15) is 0 Å². The molecular weight excluding hydrogens is 268 g/mol. The zero-order valence-corrected chi connectivity index (χ0v) is 13.3. The number of aromatic nitrogens is 2. The molecule has 3 atom stereocenters. The molecule has 2 N–H and O–H groups in total. The van der Waals surface area contributed by atoms with Gasteiger partial charge in [-0.05, 0) is 36.9 Å². The van der Waals surface area contributed by atoms with Crippen LogP contribution in [0.3, 0.4) is 0 Å². The lowest BCUT2D eigenvalue weighted by atomic mass is 9.78. The fraction of sp³-hybridized carbons (Fsp3) is 0.733. The van der Waals surface area contributed by atoms with Crippen molar-refractivity contribution in [2.75, 3.05) is 6.54 Å². The fourth-order valence-corrected chi connectivity index (χ4v) is 3.14. The van der Waals surface area contributed by atoms with E-state index in [0.717, 1.165) is 30.5 Å². The number of nitrogens with zero attached hydrogens (tertiary/aromatic N) is 2. The molecule has 1 aromatic heterocycles. The van der Waals surface area contributed by atoms with Crippen LogP contribution in [0.15, 0.2) is 18.7 Å². The number of aryl methyl sites for hydroxylation is 1. The molecular formula is C15H26N4S. The first kappa shape index (κ1) is 15.3. The summed E-state index contributed by atoms with van der Waals surface area (Å²) in [6.07, 6.45) is 10.6. The van der Waals surface area contributed by atoms with Gasteiger partial charge in [-0.15, -0.1) is 0 Å². The summed E-state index contributed by atoms with van der Waals surface area (Å²) < 4.78 is 2.09. The van der Waals surface area contributed by atoms with Gasteiger partial charge in [0.2, 0.25) is 0 Å². The Hall–Kier alpha value is -1.10. The molecule has 0 amide bonds. The van der Waals surface area contributed by atoms with Gasteiger partial charge >= 0.3 is 0 Å². The highest BCUT2D eigenvalue weighted by molar-refractivity contribution is 7.80. The lowest BCUT2D eigenvalue weighted by Crippen LogP contribution is -2.47. The Morgan fingerprint density at radius 3 is 3.00 bits per heavy atom. The molecule has 0 unspecified atom stereocenters. The second-order valence-corrected chi connectivity index (χ2v) is 6.34. The minimum atomic E-state index is 0.535. The molecule has 5 heteroatoms. The zero-order chi connectivity index (χ0) is 14.4. The Bertz CT molecular complexity index is 404. The van der Waals surface area contributed by atoms with Gasteiger partial charge in [-0.3, -0.25) is 0 Å². The number of hydrogen-bond acceptors (Lipinski definition) is 2. The molecule has 0 aromatic carbocycles. The third-order valence-electron chi connectivity index (χ3n) is 4.46. The first-order valence-corrected chi connectivity index (χ1v) is 8.07. The molecule has 0 aliphatic heterocycles. The van der Waals surface area contributed by atoms with Crippen LogP contribution >= 0.6 is 12.2 Å². The molecule has 1 heterocycles. The monoisotopic (exact) mass is 294 g/mol. The minimum absolute atomic E-state index is 0.535. The Morgan fingerprint density at radius 1 is 1.40 bits per heavy atom. The van der Waals surface area contributed by atoms with Crippen molar-refractivity contribution < 1.29 is 0 Å². The van der Waals surface area contributed by atoms with Crippen molar-refractivity contribution in [1.29, 1.82) is 0 Å². The molecule has 20 heavy (non-hydrogen) atoms. The van der Waals surface area contributed by atoms with Crippen LogP contribution < -0.4 is 10.6 Å². The highest BCUT2D eigenvalue weighted by Gasteiger charge is 2.27. The maximum atomic E-state index is 5.40. The van der Waals surface area contributed by atoms with E-state index < -0.39 is 0 Å². The molecule has 1 aliphatic rings. The molecule has 2 rings (SSSR count). The van der Waals surface area contributed by atoms with Crippen LogP contribution in [0.5, 0.6) is 0 Å². The van der Waals surface area contributed by atoms with E-state index in [1.165, 1.54) is 19.3 Å². The predicted molar refractivity (Wildman–Crippen MR) is 86.5 cm³/mol. The van der Waals surface area contributed by atoms with Crippen molar-refractivity contribution in [3.05, 3.63) is 18.7 Å². The first-order chi connectivity index (χ1) is 9.66. The van der Waals surface area contributed by atoms with E-state index in [-0.39, 0.29) is 0 Å². The van der Waals surface area contributed by atoms with Crippen molar-refractivity contribution in [2.45, 2.75) is 52.1 Å². The Balaban J connectivity index is 1.62. The molecule has 0 bridgehead atoms. The lowest BCUT2D eigenvalue weighted by molar-refractivity contribution is 0.224. The van der Waals surface area contributed by atoms with Crippen LogP contribution in [0.1, 0.15) is 39.5 Å². The molecule has 0 spiro atoms. The van der Waals surface area contributed by atoms with Gasteiger partial charge in [-0.1, -0.05) is 26.7 Å². The van der Waals surface area contributed by atoms with E-state index in [1.807, 2.05) is 18.7 Å². The number of thiocarbonyl (C=S) groups is 1. The summed E-state index contributed by atoms with van der Waals surface area (Å²) in [6, 6.07) is 0.535. The van der Waals surface area contributed by atoms with E-state index in [1.54, 1.807) is 0 Å². The normalized spacial score (nSPS) is 26.2. The third-order valence-corrected chi connectivity index (χ3v) is 4.72. The van der Waals surface area contributed by atoms with Gasteiger partial charge in [0.25, 0.3) is 0 Å². The van der Waals surface area contributed by atoms with Gasteiger partial charge in [0.05, 0.1) is 6.33 Å². The highest BCUT2D eigenvalue weighted by Crippen LogP contribution is 2.29. The molecule has 1 aromatic rings. The van der Waals surface area contributed by atoms with E-state index in [9.17, 15) is 0 Å². The third kappa shape index (κ3) is 4.47. The maximum absolute atomic E-state index is 5.40. The SMILES string of the molecule is C[C@H]1[C@H](C)CCC[C@@H]1NC(=S)NCCCn1ccnc1. The summed E-state index contributed by atoms with van der Waals surface area (Å²) in [7, 11) is 0. The number of rotatable bonds is 5. The molecule has 1 fully saturated rings. The van der Waals surface area contributed by atoms with Gasteiger partial charge in [0.15, 0.2) is 5.11 Å². The molecule has 1 aliphatic carbocycles. The predicted octanol–water partition coefficient (Wildman–Crippen LogP) is 2.56. The number of nitrogens with one attached hydrogen (secondary N) is 2. The molecule has 4 nitrogen and oxygen atoms in total. The van der Waals surface area contributed by atoms with Crippen molar-refractivity contribution in [1.82, 2.24) is 20.2 Å². The average molecular weight is 294 g/mol. The van der Waals surface area contributed by atoms with E-state index in [0.29, 0.717) is 12.0 Å². The highest BCUT2D eigenvalue weighted by atomic mass is 32.1. The second-order valence-electron chi connectivity index (χ2n) is 5.93. The summed E-state index contributed by atoms with van der Waals surface area (Å²) in [6.45, 7) is 6.57. The fourth-order valence-electron chi connectivity index (χ4n) is 2.89. The van der Waals surface area contributed by atoms with Crippen molar-refractivity contribution in [2.24, 2.45) is 11.8 Å². The lowest BCUT2D eigenvalue weighted by Gasteiger charge is -2.35. The molecule has 112 valence electrons. The van der Waals surface area contributed by atoms with Gasteiger partial charge in [0, 0.05) is 31.5 Å². The second kappa shape index (κ2) is 7.62. The van der Waals surface area contributed by atoms with E-state index in [2.05, 4.69) is 34.0 Å². The summed E-state index contributed by atoms with van der Waals surface area (Å²) in [5.74, 6) is 1.50. The average Bonchev–Trinajstić information content (AvgIpc) is 2.93. The molecule has 0 radical (unpaired) electrons. The topological polar surface area (TPSA) is 41.9 Å². The summed E-state index contributed by atoms with van der Waals surface area (Å²) in [5, 5.41) is 7.62. The van der Waals surface area contributed by atoms with Crippen LogP contribution in [0.2, 0.25) is 0 Å². The van der Waals surface area contributed by atoms with Gasteiger partial charge in [0.1, 0.15) is 0 Å². The van der Waals surface area contributed by atoms with Gasteiger partial charge in [-0.25, -0.2) is 4.98 Å². The number of hydrogen-bond donors (Lipinski definition) is 2. The number of imidazole rings is 1. The van der Waals surface area contributed by atoms with Crippen LogP contribution in [0.25, 0.3) is 0 Å². The largest absolute Gasteiger partial charge is 0.363 e. The van der Waals surface area contributed by atoms with E-state index in [4.69, 9.17) is 12.2 Å². The van der Waals surface area contributed by atoms with Crippen molar-refractivity contribution in [3.8, 4) is 0 Å². The molecule has 1 saturated carbocycles. The summed E-state index contributed by atoms with van der Waals surface area (Å²) >= 11 is 5.40. The minimum Gasteiger partial charge on any atom is -0.363 e. The Labute approximate surface area is 127 Å². The van der Waals surface area contributed by atoms with Crippen LogP contribution in [-0.4, -0.2) is 27.3 Å². The van der Waals surface area contributed by atoms with Crippen LogP contribution in [0.4, 0.5) is 0 Å². The quantitative estimate of drug-likeness (QED) is 0.647. The Morgan fingerprint density at radius 2 is 2.25 bits per heavy atom. The maximum Gasteiger partial charge on any atom is 0.166 e. The molecule has 0 saturated heterocycles.